The predicted molar refractivity (Wildman–Crippen MR) is 207 cm³/mol. The molecule has 0 aliphatic carbocycles. The van der Waals surface area contributed by atoms with Gasteiger partial charge in [0.15, 0.2) is 6.10 Å². The first-order valence-corrected chi connectivity index (χ1v) is 21.5. The van der Waals surface area contributed by atoms with Crippen molar-refractivity contribution in [2.24, 2.45) is 0 Å². The molecule has 0 unspecified atom stereocenters. The average Bonchev–Trinajstić information content (AvgIpc) is 3.08. The summed E-state index contributed by atoms with van der Waals surface area (Å²) in [6.45, 7) is 3.61. The molecule has 0 aromatic carbocycles. The van der Waals surface area contributed by atoms with Crippen molar-refractivity contribution in [2.45, 2.75) is 187 Å². The molecule has 0 rings (SSSR count). The summed E-state index contributed by atoms with van der Waals surface area (Å²) in [6, 6.07) is 0. The highest BCUT2D eigenvalue weighted by molar-refractivity contribution is 7.46. The van der Waals surface area contributed by atoms with Crippen LogP contribution in [-0.2, 0) is 28.2 Å². The van der Waals surface area contributed by atoms with Crippen molar-refractivity contribution < 1.29 is 37.9 Å². The molecule has 0 aromatic heterocycles. The van der Waals surface area contributed by atoms with Crippen LogP contribution in [0.5, 0.6) is 0 Å². The fourth-order valence-corrected chi connectivity index (χ4v) is 5.68. The van der Waals surface area contributed by atoms with Crippen LogP contribution in [0.3, 0.4) is 0 Å². The zero-order chi connectivity index (χ0) is 36.8. The molecule has 0 saturated carbocycles. The lowest BCUT2D eigenvalue weighted by molar-refractivity contribution is -0.161. The molecular formula is C41H73O8P. The molecule has 9 heteroatoms. The molecule has 2 N–H and O–H groups in total. The fourth-order valence-electron chi connectivity index (χ4n) is 5.32. The van der Waals surface area contributed by atoms with E-state index in [0.29, 0.717) is 12.8 Å². The first-order valence-electron chi connectivity index (χ1n) is 19.9. The third kappa shape index (κ3) is 38.8. The molecule has 0 bridgehead atoms. The monoisotopic (exact) mass is 725 g/mol. The second-order valence-electron chi connectivity index (χ2n) is 13.2. The number of carbonyl (C=O) groups excluding carboxylic acids is 2. The summed E-state index contributed by atoms with van der Waals surface area (Å²) in [7, 11) is -4.76. The van der Waals surface area contributed by atoms with E-state index in [0.717, 1.165) is 57.8 Å². The Balaban J connectivity index is 4.05. The maximum Gasteiger partial charge on any atom is 0.469 e. The number of carbonyl (C=O) groups is 2. The number of unbranched alkanes of at least 4 members (excludes halogenated alkanes) is 18. The van der Waals surface area contributed by atoms with Crippen LogP contribution in [0.1, 0.15) is 181 Å². The standard InChI is InChI=1S/C41H73O8P/c1-3-5-7-9-11-13-15-17-19-20-22-23-25-27-29-31-33-35-40(42)47-37-39(38-48-50(44,45)46)49-41(43)36-34-32-30-28-26-24-21-18-16-14-12-10-8-6-4-2/h17-19,21-23,27,29,39H,3-16,20,24-26,28,30-38H2,1-2H3,(H2,44,45,46)/b19-17+,21-18+,23-22+,29-27+/t39-/m1/s1. The molecule has 0 aliphatic heterocycles. The summed E-state index contributed by atoms with van der Waals surface area (Å²) in [5.74, 6) is -0.957. The van der Waals surface area contributed by atoms with Gasteiger partial charge >= 0.3 is 19.8 Å². The number of phosphoric acid groups is 1. The number of hydrogen-bond acceptors (Lipinski definition) is 6. The maximum absolute atomic E-state index is 12.4. The Hall–Kier alpha value is -1.99. The third-order valence-electron chi connectivity index (χ3n) is 8.32. The maximum atomic E-state index is 12.4. The number of esters is 2. The third-order valence-corrected chi connectivity index (χ3v) is 8.81. The van der Waals surface area contributed by atoms with Gasteiger partial charge in [0, 0.05) is 12.8 Å². The highest BCUT2D eigenvalue weighted by Crippen LogP contribution is 2.36. The summed E-state index contributed by atoms with van der Waals surface area (Å²) in [4.78, 5) is 42.7. The zero-order valence-electron chi connectivity index (χ0n) is 31.8. The van der Waals surface area contributed by atoms with Gasteiger partial charge in [-0.05, 0) is 70.6 Å². The van der Waals surface area contributed by atoms with E-state index in [-0.39, 0.29) is 19.4 Å². The number of hydrogen-bond donors (Lipinski definition) is 2. The van der Waals surface area contributed by atoms with Gasteiger partial charge in [-0.2, -0.15) is 0 Å². The number of ether oxygens (including phenoxy) is 2. The lowest BCUT2D eigenvalue weighted by Gasteiger charge is -2.18. The Morgan fingerprint density at radius 3 is 1.42 bits per heavy atom. The van der Waals surface area contributed by atoms with Crippen molar-refractivity contribution in [1.29, 1.82) is 0 Å². The molecule has 290 valence electrons. The summed E-state index contributed by atoms with van der Waals surface area (Å²) >= 11 is 0. The van der Waals surface area contributed by atoms with Gasteiger partial charge in [0.05, 0.1) is 6.61 Å². The second kappa shape index (κ2) is 36.8. The minimum atomic E-state index is -4.76. The first-order chi connectivity index (χ1) is 24.3. The van der Waals surface area contributed by atoms with E-state index >= 15 is 0 Å². The lowest BCUT2D eigenvalue weighted by atomic mass is 10.1. The highest BCUT2D eigenvalue weighted by Gasteiger charge is 2.22. The van der Waals surface area contributed by atoms with Gasteiger partial charge in [-0.25, -0.2) is 4.57 Å². The smallest absolute Gasteiger partial charge is 0.462 e. The Morgan fingerprint density at radius 2 is 0.920 bits per heavy atom. The summed E-state index contributed by atoms with van der Waals surface area (Å²) in [5, 5.41) is 0. The molecular weight excluding hydrogens is 651 g/mol. The van der Waals surface area contributed by atoms with Crippen LogP contribution in [0.2, 0.25) is 0 Å². The quantitative estimate of drug-likeness (QED) is 0.0284. The predicted octanol–water partition coefficient (Wildman–Crippen LogP) is 12.0. The van der Waals surface area contributed by atoms with Crippen molar-refractivity contribution >= 4 is 19.8 Å². The normalized spacial score (nSPS) is 13.0. The Labute approximate surface area is 305 Å². The molecule has 0 amide bonds. The number of rotatable bonds is 36. The van der Waals surface area contributed by atoms with Crippen molar-refractivity contribution in [3.63, 3.8) is 0 Å². The van der Waals surface area contributed by atoms with Gasteiger partial charge in [-0.15, -0.1) is 0 Å². The molecule has 0 fully saturated rings. The van der Waals surface area contributed by atoms with E-state index in [2.05, 4.69) is 60.9 Å². The SMILES string of the molecule is CCCCCCCC/C=C/C/C=C/C/C=C/CCCC(=O)OC[C@H](COP(=O)(O)O)OC(=O)CCCCCCC/C=C/CCCCCCCC. The van der Waals surface area contributed by atoms with Gasteiger partial charge in [0.1, 0.15) is 6.61 Å². The van der Waals surface area contributed by atoms with Crippen LogP contribution >= 0.6 is 7.82 Å². The summed E-state index contributed by atoms with van der Waals surface area (Å²) in [5.41, 5.74) is 0. The molecule has 0 aromatic rings. The molecule has 8 nitrogen and oxygen atoms in total. The van der Waals surface area contributed by atoms with E-state index < -0.39 is 32.5 Å². The molecule has 0 saturated heterocycles. The topological polar surface area (TPSA) is 119 Å². The number of phosphoric ester groups is 1. The average molecular weight is 725 g/mol. The highest BCUT2D eigenvalue weighted by atomic mass is 31.2. The van der Waals surface area contributed by atoms with Crippen molar-refractivity contribution in [3.8, 4) is 0 Å². The largest absolute Gasteiger partial charge is 0.469 e. The molecule has 0 radical (unpaired) electrons. The van der Waals surface area contributed by atoms with Crippen molar-refractivity contribution in [3.05, 3.63) is 48.6 Å². The van der Waals surface area contributed by atoms with E-state index in [1.165, 1.54) is 83.5 Å². The molecule has 0 spiro atoms. The summed E-state index contributed by atoms with van der Waals surface area (Å²) < 4.78 is 26.3. The van der Waals surface area contributed by atoms with Gasteiger partial charge in [-0.3, -0.25) is 14.1 Å². The Kier molecular flexibility index (Phi) is 35.3. The van der Waals surface area contributed by atoms with Crippen LogP contribution in [-0.4, -0.2) is 41.0 Å². The van der Waals surface area contributed by atoms with Gasteiger partial charge in [0.2, 0.25) is 0 Å². The Bertz CT molecular complexity index is 952. The van der Waals surface area contributed by atoms with E-state index in [1.54, 1.807) is 0 Å². The van der Waals surface area contributed by atoms with Crippen LogP contribution in [0.4, 0.5) is 0 Å². The summed E-state index contributed by atoms with van der Waals surface area (Å²) in [6.07, 6.45) is 44.1. The molecule has 0 aliphatic rings. The Morgan fingerprint density at radius 1 is 0.520 bits per heavy atom. The van der Waals surface area contributed by atoms with Crippen LogP contribution in [0.15, 0.2) is 48.6 Å². The van der Waals surface area contributed by atoms with Gasteiger partial charge in [0.25, 0.3) is 0 Å². The minimum Gasteiger partial charge on any atom is -0.462 e. The van der Waals surface area contributed by atoms with E-state index in [4.69, 9.17) is 19.3 Å². The lowest BCUT2D eigenvalue weighted by Crippen LogP contribution is -2.29. The van der Waals surface area contributed by atoms with Crippen LogP contribution < -0.4 is 0 Å². The van der Waals surface area contributed by atoms with Crippen molar-refractivity contribution in [2.75, 3.05) is 13.2 Å². The minimum absolute atomic E-state index is 0.190. The zero-order valence-corrected chi connectivity index (χ0v) is 32.7. The molecule has 0 heterocycles. The fraction of sp³-hybridized carbons (Fsp3) is 0.756. The van der Waals surface area contributed by atoms with E-state index in [1.807, 2.05) is 6.08 Å². The number of allylic oxidation sites excluding steroid dienone is 8. The molecule has 50 heavy (non-hydrogen) atoms. The molecule has 1 atom stereocenters. The second-order valence-corrected chi connectivity index (χ2v) is 14.5. The van der Waals surface area contributed by atoms with Crippen LogP contribution in [0.25, 0.3) is 0 Å². The van der Waals surface area contributed by atoms with Crippen LogP contribution in [0, 0.1) is 0 Å². The van der Waals surface area contributed by atoms with Gasteiger partial charge < -0.3 is 19.3 Å². The first kappa shape index (κ1) is 48.0. The van der Waals surface area contributed by atoms with E-state index in [9.17, 15) is 14.2 Å². The van der Waals surface area contributed by atoms with Crippen molar-refractivity contribution in [1.82, 2.24) is 0 Å². The van der Waals surface area contributed by atoms with Gasteiger partial charge in [-0.1, -0.05) is 146 Å².